The van der Waals surface area contributed by atoms with E-state index in [1.165, 1.54) is 23.0 Å². The largest absolute Gasteiger partial charge is 0.383 e. The number of aromatic nitrogens is 6. The first-order chi connectivity index (χ1) is 20.7. The van der Waals surface area contributed by atoms with Gasteiger partial charge in [0.05, 0.1) is 38.9 Å². The number of benzene rings is 3. The maximum atomic E-state index is 14.2. The molecule has 4 aromatic heterocycles. The van der Waals surface area contributed by atoms with Gasteiger partial charge in [0.15, 0.2) is 0 Å². The summed E-state index contributed by atoms with van der Waals surface area (Å²) in [5.74, 6) is 0.276. The zero-order valence-electron chi connectivity index (χ0n) is 23.2. The number of nitrogen functional groups attached to an aromatic ring is 1. The average Bonchev–Trinajstić information content (AvgIpc) is 3.70. The van der Waals surface area contributed by atoms with Gasteiger partial charge in [-0.2, -0.15) is 5.10 Å². The highest BCUT2D eigenvalue weighted by Crippen LogP contribution is 2.32. The predicted octanol–water partition coefficient (Wildman–Crippen LogP) is 5.43. The lowest BCUT2D eigenvalue weighted by Gasteiger charge is -2.12. The van der Waals surface area contributed by atoms with Crippen molar-refractivity contribution in [1.29, 1.82) is 0 Å². The normalized spacial score (nSPS) is 11.9. The molecule has 0 unspecified atom stereocenters. The summed E-state index contributed by atoms with van der Waals surface area (Å²) < 4.78 is 30.9. The molecule has 0 spiro atoms. The molecule has 0 fully saturated rings. The van der Waals surface area contributed by atoms with Crippen LogP contribution in [-0.2, 0) is 10.0 Å². The molecule has 3 aromatic carbocycles. The summed E-state index contributed by atoms with van der Waals surface area (Å²) in [6.45, 7) is 3.74. The van der Waals surface area contributed by atoms with Crippen molar-refractivity contribution < 1.29 is 13.2 Å². The molecule has 0 aliphatic heterocycles. The fourth-order valence-electron chi connectivity index (χ4n) is 5.25. The van der Waals surface area contributed by atoms with Gasteiger partial charge in [0.2, 0.25) is 5.78 Å². The second kappa shape index (κ2) is 9.78. The highest BCUT2D eigenvalue weighted by molar-refractivity contribution is 7.90. The fraction of sp³-hybridized carbons (Fsp3) is 0.0625. The number of anilines is 1. The van der Waals surface area contributed by atoms with E-state index in [2.05, 4.69) is 20.1 Å². The second-order valence-electron chi connectivity index (χ2n) is 10.3. The Hall–Kier alpha value is -5.55. The predicted molar refractivity (Wildman–Crippen MR) is 165 cm³/mol. The number of ketones is 1. The van der Waals surface area contributed by atoms with Crippen LogP contribution in [0.3, 0.4) is 0 Å². The number of aryl methyl sites for hydroxylation is 2. The summed E-state index contributed by atoms with van der Waals surface area (Å²) in [6.07, 6.45) is 4.73. The third-order valence-corrected chi connectivity index (χ3v) is 9.17. The summed E-state index contributed by atoms with van der Waals surface area (Å²) in [5.41, 5.74) is 11.6. The van der Waals surface area contributed by atoms with E-state index in [0.717, 1.165) is 37.5 Å². The van der Waals surface area contributed by atoms with Crippen molar-refractivity contribution in [2.45, 2.75) is 18.7 Å². The quantitative estimate of drug-likeness (QED) is 0.247. The van der Waals surface area contributed by atoms with Crippen LogP contribution < -0.4 is 5.73 Å². The first kappa shape index (κ1) is 26.4. The van der Waals surface area contributed by atoms with Crippen molar-refractivity contribution in [2.24, 2.45) is 0 Å². The molecular weight excluding hydrogens is 562 g/mol. The molecule has 0 radical (unpaired) electrons. The van der Waals surface area contributed by atoms with Gasteiger partial charge in [-0.15, -0.1) is 0 Å². The number of hydrogen-bond donors (Lipinski definition) is 2. The van der Waals surface area contributed by atoms with Crippen LogP contribution in [0, 0.1) is 13.8 Å². The molecule has 7 aromatic rings. The average molecular weight is 588 g/mol. The molecule has 0 saturated heterocycles. The molecule has 43 heavy (non-hydrogen) atoms. The Bertz CT molecular complexity index is 2300. The van der Waals surface area contributed by atoms with Crippen molar-refractivity contribution in [3.63, 3.8) is 0 Å². The molecule has 0 bridgehead atoms. The number of H-pyrrole nitrogens is 1. The van der Waals surface area contributed by atoms with E-state index in [0.29, 0.717) is 16.6 Å². The molecule has 0 aliphatic rings. The highest BCUT2D eigenvalue weighted by Gasteiger charge is 2.29. The number of aromatic amines is 1. The van der Waals surface area contributed by atoms with Gasteiger partial charge in [-0.05, 0) is 67.9 Å². The van der Waals surface area contributed by atoms with Gasteiger partial charge in [-0.3, -0.25) is 9.78 Å². The van der Waals surface area contributed by atoms with Crippen LogP contribution in [0.5, 0.6) is 0 Å². The van der Waals surface area contributed by atoms with Gasteiger partial charge in [-0.25, -0.2) is 22.1 Å². The lowest BCUT2D eigenvalue weighted by Crippen LogP contribution is -2.19. The maximum Gasteiger partial charge on any atom is 0.268 e. The minimum Gasteiger partial charge on any atom is -0.383 e. The number of pyridine rings is 1. The van der Waals surface area contributed by atoms with Crippen LogP contribution in [-0.4, -0.2) is 42.9 Å². The second-order valence-corrected chi connectivity index (χ2v) is 12.1. The number of nitrogens with two attached hydrogens (primary N) is 1. The van der Waals surface area contributed by atoms with Crippen LogP contribution in [0.15, 0.2) is 102 Å². The Kier molecular flexibility index (Phi) is 5.99. The minimum absolute atomic E-state index is 0.0523. The number of rotatable bonds is 6. The summed E-state index contributed by atoms with van der Waals surface area (Å²) in [6, 6.07) is 22.7. The zero-order chi connectivity index (χ0) is 29.9. The topological polar surface area (TPSA) is 142 Å². The number of carbonyl (C=O) groups excluding carboxylic acids is 1. The molecule has 10 nitrogen and oxygen atoms in total. The SMILES string of the molecule is Cc1ccc(S(=O)(=O)n2c(C(=O)c3cnn(-c4ccc5[nH]c(C)nc5c4)c3N)cc3ccc(-c4cccnc4)cc32)cc1. The maximum absolute atomic E-state index is 14.2. The summed E-state index contributed by atoms with van der Waals surface area (Å²) in [5, 5.41) is 4.96. The summed E-state index contributed by atoms with van der Waals surface area (Å²) in [4.78, 5) is 26.0. The van der Waals surface area contributed by atoms with Crippen molar-refractivity contribution in [3.8, 4) is 16.8 Å². The van der Waals surface area contributed by atoms with Crippen molar-refractivity contribution >= 4 is 43.6 Å². The van der Waals surface area contributed by atoms with E-state index in [1.54, 1.807) is 42.7 Å². The first-order valence-electron chi connectivity index (χ1n) is 13.4. The lowest BCUT2D eigenvalue weighted by atomic mass is 10.1. The Labute approximate surface area is 246 Å². The van der Waals surface area contributed by atoms with E-state index in [1.807, 2.05) is 50.2 Å². The van der Waals surface area contributed by atoms with Gasteiger partial charge >= 0.3 is 0 Å². The smallest absolute Gasteiger partial charge is 0.268 e. The summed E-state index contributed by atoms with van der Waals surface area (Å²) in [7, 11) is -4.20. The van der Waals surface area contributed by atoms with Crippen molar-refractivity contribution in [1.82, 2.24) is 28.7 Å². The number of carbonyl (C=O) groups is 1. The molecule has 0 aliphatic carbocycles. The Morgan fingerprint density at radius 3 is 2.49 bits per heavy atom. The van der Waals surface area contributed by atoms with Gasteiger partial charge in [0.25, 0.3) is 10.0 Å². The van der Waals surface area contributed by atoms with Gasteiger partial charge in [-0.1, -0.05) is 35.9 Å². The molecule has 0 amide bonds. The molecule has 4 heterocycles. The number of hydrogen-bond acceptors (Lipinski definition) is 7. The van der Waals surface area contributed by atoms with Gasteiger partial charge < -0.3 is 10.7 Å². The third kappa shape index (κ3) is 4.37. The van der Waals surface area contributed by atoms with Crippen LogP contribution in [0.1, 0.15) is 27.4 Å². The molecule has 11 heteroatoms. The van der Waals surface area contributed by atoms with Crippen LogP contribution >= 0.6 is 0 Å². The van der Waals surface area contributed by atoms with Crippen molar-refractivity contribution in [2.75, 3.05) is 5.73 Å². The van der Waals surface area contributed by atoms with E-state index in [4.69, 9.17) is 5.73 Å². The van der Waals surface area contributed by atoms with Gasteiger partial charge in [0.1, 0.15) is 17.3 Å². The lowest BCUT2D eigenvalue weighted by molar-refractivity contribution is 0.103. The Morgan fingerprint density at radius 2 is 1.72 bits per heavy atom. The summed E-state index contributed by atoms with van der Waals surface area (Å²) >= 11 is 0. The molecule has 212 valence electrons. The van der Waals surface area contributed by atoms with Crippen LogP contribution in [0.25, 0.3) is 38.8 Å². The number of fused-ring (bicyclic) bond motifs is 2. The molecule has 7 rings (SSSR count). The van der Waals surface area contributed by atoms with E-state index in [9.17, 15) is 13.2 Å². The standard InChI is InChI=1S/C32H25N7O3S/c1-19-5-10-25(11-6-19)43(41,42)39-29-14-21(23-4-3-13-34-17-23)7-8-22(29)15-30(39)31(40)26-18-35-38(32(26)33)24-9-12-27-28(16-24)37-20(2)36-27/h3-18H,33H2,1-2H3,(H,36,37). The van der Waals surface area contributed by atoms with E-state index in [-0.39, 0.29) is 22.0 Å². The first-order valence-corrected chi connectivity index (χ1v) is 14.9. The van der Waals surface area contributed by atoms with E-state index < -0.39 is 15.8 Å². The third-order valence-electron chi connectivity index (χ3n) is 7.43. The molecule has 0 saturated carbocycles. The molecule has 3 N–H and O–H groups in total. The number of imidazole rings is 1. The molecular formula is C32H25N7O3S. The zero-order valence-corrected chi connectivity index (χ0v) is 24.0. The van der Waals surface area contributed by atoms with Crippen LogP contribution in [0.4, 0.5) is 5.82 Å². The van der Waals surface area contributed by atoms with Crippen molar-refractivity contribution in [3.05, 3.63) is 120 Å². The monoisotopic (exact) mass is 587 g/mol. The number of nitrogens with one attached hydrogen (secondary N) is 1. The highest BCUT2D eigenvalue weighted by atomic mass is 32.2. The minimum atomic E-state index is -4.20. The van der Waals surface area contributed by atoms with E-state index >= 15 is 0 Å². The Balaban J connectivity index is 1.40. The fourth-order valence-corrected chi connectivity index (χ4v) is 6.76. The number of nitrogens with zero attached hydrogens (tertiary/aromatic N) is 5. The van der Waals surface area contributed by atoms with Crippen LogP contribution in [0.2, 0.25) is 0 Å². The van der Waals surface area contributed by atoms with Gasteiger partial charge in [0, 0.05) is 23.3 Å². The Morgan fingerprint density at radius 1 is 0.907 bits per heavy atom. The molecule has 0 atom stereocenters.